The highest BCUT2D eigenvalue weighted by Gasteiger charge is 2.21. The minimum absolute atomic E-state index is 0.104. The molecule has 0 saturated carbocycles. The summed E-state index contributed by atoms with van der Waals surface area (Å²) in [6, 6.07) is 21.9. The van der Waals surface area contributed by atoms with Gasteiger partial charge < -0.3 is 5.32 Å². The second-order valence-corrected chi connectivity index (χ2v) is 9.45. The van der Waals surface area contributed by atoms with Crippen molar-refractivity contribution in [1.29, 1.82) is 0 Å². The lowest BCUT2D eigenvalue weighted by Crippen LogP contribution is -2.34. The Bertz CT molecular complexity index is 1170. The fraction of sp³-hybridized carbons (Fsp3) is 0.0476. The van der Waals surface area contributed by atoms with Crippen LogP contribution in [0.3, 0.4) is 0 Å². The zero-order chi connectivity index (χ0) is 21.7. The van der Waals surface area contributed by atoms with E-state index >= 15 is 0 Å². The first-order chi connectivity index (χ1) is 14.3. The third-order valence-corrected chi connectivity index (χ3v) is 6.93. The average molecular weight is 504 g/mol. The molecule has 3 aromatic rings. The van der Waals surface area contributed by atoms with Gasteiger partial charge in [0.2, 0.25) is 0 Å². The number of carbonyl (C=O) groups is 1. The fourth-order valence-electron chi connectivity index (χ4n) is 2.62. The summed E-state index contributed by atoms with van der Waals surface area (Å²) >= 11 is 8.51. The normalized spacial score (nSPS) is 10.9. The van der Waals surface area contributed by atoms with Crippen LogP contribution in [0.1, 0.15) is 10.4 Å². The van der Waals surface area contributed by atoms with Crippen LogP contribution in [0, 0.1) is 0 Å². The van der Waals surface area contributed by atoms with E-state index in [2.05, 4.69) is 26.6 Å². The number of sulfonamides is 1. The number of amides is 1. The maximum Gasteiger partial charge on any atom is 0.264 e. The monoisotopic (exact) mass is 503 g/mol. The van der Waals surface area contributed by atoms with Gasteiger partial charge in [0, 0.05) is 17.2 Å². The molecule has 2 N–H and O–H groups in total. The lowest BCUT2D eigenvalue weighted by Gasteiger charge is -2.19. The van der Waals surface area contributed by atoms with Crippen molar-refractivity contribution in [2.45, 2.75) is 4.90 Å². The van der Waals surface area contributed by atoms with Gasteiger partial charge in [0.1, 0.15) is 0 Å². The van der Waals surface area contributed by atoms with Gasteiger partial charge >= 0.3 is 0 Å². The Morgan fingerprint density at radius 2 is 1.53 bits per heavy atom. The molecule has 6 nitrogen and oxygen atoms in total. The summed E-state index contributed by atoms with van der Waals surface area (Å²) < 4.78 is 27.5. The van der Waals surface area contributed by atoms with Crippen molar-refractivity contribution in [3.05, 3.63) is 88.9 Å². The van der Waals surface area contributed by atoms with Crippen LogP contribution >= 0.6 is 28.1 Å². The van der Waals surface area contributed by atoms with Gasteiger partial charge in [-0.3, -0.25) is 14.4 Å². The van der Waals surface area contributed by atoms with Gasteiger partial charge in [-0.25, -0.2) is 8.42 Å². The van der Waals surface area contributed by atoms with Crippen molar-refractivity contribution in [1.82, 2.24) is 5.32 Å². The molecule has 0 atom stereocenters. The van der Waals surface area contributed by atoms with Gasteiger partial charge in [-0.15, -0.1) is 0 Å². The lowest BCUT2D eigenvalue weighted by molar-refractivity contribution is 0.0977. The highest BCUT2D eigenvalue weighted by molar-refractivity contribution is 9.10. The summed E-state index contributed by atoms with van der Waals surface area (Å²) in [5.41, 5.74) is 1.57. The van der Waals surface area contributed by atoms with Gasteiger partial charge in [-0.2, -0.15) is 0 Å². The van der Waals surface area contributed by atoms with Crippen LogP contribution in [0.15, 0.2) is 88.2 Å². The van der Waals surface area contributed by atoms with Crippen molar-refractivity contribution in [2.24, 2.45) is 0 Å². The Morgan fingerprint density at radius 3 is 2.17 bits per heavy atom. The van der Waals surface area contributed by atoms with Crippen molar-refractivity contribution < 1.29 is 13.2 Å². The van der Waals surface area contributed by atoms with Crippen molar-refractivity contribution in [3.63, 3.8) is 0 Å². The highest BCUT2D eigenvalue weighted by atomic mass is 79.9. The predicted molar refractivity (Wildman–Crippen MR) is 126 cm³/mol. The highest BCUT2D eigenvalue weighted by Crippen LogP contribution is 2.23. The molecule has 0 spiro atoms. The summed E-state index contributed by atoms with van der Waals surface area (Å²) in [4.78, 5) is 12.4. The summed E-state index contributed by atoms with van der Waals surface area (Å²) in [6.45, 7) is 0. The van der Waals surface area contributed by atoms with E-state index in [1.807, 2.05) is 12.1 Å². The van der Waals surface area contributed by atoms with E-state index in [-0.39, 0.29) is 15.9 Å². The third-order valence-electron chi connectivity index (χ3n) is 4.24. The Morgan fingerprint density at radius 1 is 0.933 bits per heavy atom. The van der Waals surface area contributed by atoms with Crippen LogP contribution in [0.2, 0.25) is 0 Å². The minimum atomic E-state index is -3.70. The molecule has 0 aliphatic rings. The molecule has 0 bridgehead atoms. The van der Waals surface area contributed by atoms with E-state index < -0.39 is 10.0 Å². The van der Waals surface area contributed by atoms with Crippen LogP contribution in [-0.2, 0) is 10.0 Å². The Labute approximate surface area is 189 Å². The summed E-state index contributed by atoms with van der Waals surface area (Å²) in [6.07, 6.45) is 0. The number of carbonyl (C=O) groups excluding carboxylic acids is 1. The first-order valence-corrected chi connectivity index (χ1v) is 11.4. The van der Waals surface area contributed by atoms with Crippen molar-refractivity contribution in [2.75, 3.05) is 16.7 Å². The van der Waals surface area contributed by atoms with E-state index in [0.717, 1.165) is 0 Å². The van der Waals surface area contributed by atoms with Gasteiger partial charge in [0.05, 0.1) is 16.1 Å². The van der Waals surface area contributed by atoms with Crippen LogP contribution in [0.5, 0.6) is 0 Å². The first-order valence-electron chi connectivity index (χ1n) is 8.80. The number of thiocarbonyl (C=S) groups is 1. The van der Waals surface area contributed by atoms with Crippen LogP contribution in [0.25, 0.3) is 0 Å². The standard InChI is InChI=1S/C21H18BrN3O3S2/c1-25(16-7-3-2-4-8-16)30(27,28)17-13-11-15(12-14-17)23-21(29)24-20(26)18-9-5-6-10-19(18)22/h2-14H,1H3,(H2,23,24,26,29). The van der Waals surface area contributed by atoms with E-state index in [1.54, 1.807) is 54.6 Å². The second-order valence-electron chi connectivity index (χ2n) is 6.22. The van der Waals surface area contributed by atoms with Crippen LogP contribution in [0.4, 0.5) is 11.4 Å². The molecule has 3 aromatic carbocycles. The summed E-state index contributed by atoms with van der Waals surface area (Å²) in [5, 5.41) is 5.58. The van der Waals surface area contributed by atoms with Crippen molar-refractivity contribution in [3.8, 4) is 0 Å². The molecule has 0 fully saturated rings. The lowest BCUT2D eigenvalue weighted by atomic mass is 10.2. The van der Waals surface area contributed by atoms with Gasteiger partial charge in [0.25, 0.3) is 15.9 Å². The molecule has 0 aromatic heterocycles. The molecule has 0 aliphatic carbocycles. The van der Waals surface area contributed by atoms with Gasteiger partial charge in [0.15, 0.2) is 5.11 Å². The third kappa shape index (κ3) is 5.05. The zero-order valence-corrected chi connectivity index (χ0v) is 19.1. The van der Waals surface area contributed by atoms with E-state index in [9.17, 15) is 13.2 Å². The minimum Gasteiger partial charge on any atom is -0.332 e. The Balaban J connectivity index is 1.67. The smallest absolute Gasteiger partial charge is 0.264 e. The van der Waals surface area contributed by atoms with Crippen molar-refractivity contribution >= 4 is 60.6 Å². The molecule has 0 heterocycles. The quantitative estimate of drug-likeness (QED) is 0.504. The van der Waals surface area contributed by atoms with Gasteiger partial charge in [-0.1, -0.05) is 30.3 Å². The number of nitrogens with zero attached hydrogens (tertiary/aromatic N) is 1. The van der Waals surface area contributed by atoms with E-state index in [0.29, 0.717) is 21.4 Å². The number of anilines is 2. The molecular formula is C21H18BrN3O3S2. The SMILES string of the molecule is CN(c1ccccc1)S(=O)(=O)c1ccc(NC(=S)NC(=O)c2ccccc2Br)cc1. The van der Waals surface area contributed by atoms with Crippen LogP contribution < -0.4 is 14.9 Å². The molecule has 3 rings (SSSR count). The predicted octanol–water partition coefficient (Wildman–Crippen LogP) is 4.40. The van der Waals surface area contributed by atoms with E-state index in [1.165, 1.54) is 23.5 Å². The molecule has 154 valence electrons. The van der Waals surface area contributed by atoms with E-state index in [4.69, 9.17) is 12.2 Å². The molecule has 30 heavy (non-hydrogen) atoms. The fourth-order valence-corrected chi connectivity index (χ4v) is 4.49. The maximum atomic E-state index is 12.8. The Kier molecular flexibility index (Phi) is 6.86. The number of nitrogens with one attached hydrogen (secondary N) is 2. The average Bonchev–Trinajstić information content (AvgIpc) is 2.74. The molecule has 0 aliphatic heterocycles. The summed E-state index contributed by atoms with van der Waals surface area (Å²) in [7, 11) is -2.20. The first kappa shape index (κ1) is 21.9. The maximum absolute atomic E-state index is 12.8. The topological polar surface area (TPSA) is 78.5 Å². The number of para-hydroxylation sites is 1. The molecule has 9 heteroatoms. The second kappa shape index (κ2) is 9.38. The number of benzene rings is 3. The number of hydrogen-bond donors (Lipinski definition) is 2. The molecule has 0 saturated heterocycles. The Hall–Kier alpha value is -2.75. The molecule has 0 unspecified atom stereocenters. The molecule has 0 radical (unpaired) electrons. The largest absolute Gasteiger partial charge is 0.332 e. The molecule has 1 amide bonds. The molecular weight excluding hydrogens is 486 g/mol. The van der Waals surface area contributed by atoms with Gasteiger partial charge in [-0.05, 0) is 76.7 Å². The number of rotatable bonds is 5. The number of halogens is 1. The van der Waals surface area contributed by atoms with Crippen LogP contribution in [-0.4, -0.2) is 26.5 Å². The number of hydrogen-bond acceptors (Lipinski definition) is 4. The summed E-state index contributed by atoms with van der Waals surface area (Å²) in [5.74, 6) is -0.358. The zero-order valence-electron chi connectivity index (χ0n) is 15.9.